The quantitative estimate of drug-likeness (QED) is 0.689. The maximum Gasteiger partial charge on any atom is 0.242 e. The van der Waals surface area contributed by atoms with Gasteiger partial charge in [0.05, 0.1) is 5.54 Å². The Balaban J connectivity index is 0.00000160. The molecule has 0 spiro atoms. The number of hydrogen-bond acceptors (Lipinski definition) is 6. The number of piperidine rings is 1. The van der Waals surface area contributed by atoms with Gasteiger partial charge in [-0.2, -0.15) is 0 Å². The van der Waals surface area contributed by atoms with E-state index in [0.29, 0.717) is 32.0 Å². The molecular weight excluding hydrogens is 461 g/mol. The topological polar surface area (TPSA) is 74.9 Å². The van der Waals surface area contributed by atoms with Gasteiger partial charge in [0, 0.05) is 65.2 Å². The van der Waals surface area contributed by atoms with Crippen LogP contribution in [0.3, 0.4) is 0 Å². The molecule has 1 aromatic heterocycles. The minimum absolute atomic E-state index is 0. The average Bonchev–Trinajstić information content (AvgIpc) is 2.75. The zero-order valence-corrected chi connectivity index (χ0v) is 20.4. The van der Waals surface area contributed by atoms with Crippen molar-refractivity contribution in [3.8, 4) is 0 Å². The van der Waals surface area contributed by atoms with Crippen LogP contribution < -0.4 is 10.6 Å². The minimum atomic E-state index is -0.714. The fraction of sp³-hybridized carbons (Fsp3) is 0.714. The highest BCUT2D eigenvalue weighted by atomic mass is 35.5. The van der Waals surface area contributed by atoms with E-state index >= 15 is 0 Å². The number of ether oxygens (including phenoxy) is 1. The van der Waals surface area contributed by atoms with E-state index in [0.717, 1.165) is 58.1 Å². The molecule has 1 aromatic rings. The summed E-state index contributed by atoms with van der Waals surface area (Å²) in [6.07, 6.45) is 5.42. The van der Waals surface area contributed by atoms with Gasteiger partial charge >= 0.3 is 0 Å². The van der Waals surface area contributed by atoms with Crippen molar-refractivity contribution < 1.29 is 9.53 Å². The molecule has 0 saturated carbocycles. The summed E-state index contributed by atoms with van der Waals surface area (Å²) in [6, 6.07) is 6.09. The van der Waals surface area contributed by atoms with Crippen LogP contribution in [0.2, 0.25) is 0 Å². The molecule has 4 heterocycles. The van der Waals surface area contributed by atoms with E-state index in [1.54, 1.807) is 0 Å². The van der Waals surface area contributed by atoms with Crippen molar-refractivity contribution in [2.24, 2.45) is 11.7 Å². The third kappa shape index (κ3) is 7.07. The Morgan fingerprint density at radius 1 is 1.10 bits per heavy atom. The number of carbonyl (C=O) groups excluding carboxylic acids is 1. The van der Waals surface area contributed by atoms with Gasteiger partial charge in [0.2, 0.25) is 5.91 Å². The molecule has 0 radical (unpaired) electrons. The monoisotopic (exact) mass is 495 g/mol. The number of anilines is 1. The predicted molar refractivity (Wildman–Crippen MR) is 131 cm³/mol. The van der Waals surface area contributed by atoms with Gasteiger partial charge in [-0.1, -0.05) is 6.07 Å². The Hall–Kier alpha value is -0.830. The third-order valence-corrected chi connectivity index (χ3v) is 6.48. The number of nitrogens with two attached hydrogens (primary N) is 1. The summed E-state index contributed by atoms with van der Waals surface area (Å²) in [7, 11) is 0. The minimum Gasteiger partial charge on any atom is -0.381 e. The standard InChI is InChI=1S/C21H33N5O2.3ClH/c22-21(6-14-28-15-7-21)20(27)26-9-3-4-18(17-26)16-24-10-12-25(13-11-24)19-5-1-2-8-23-19;;;/h1-2,5,8,18H,3-4,6-7,9-17,22H2;3*1H. The number of aromatic nitrogens is 1. The smallest absolute Gasteiger partial charge is 0.242 e. The predicted octanol–water partition coefficient (Wildman–Crippen LogP) is 2.22. The molecule has 0 bridgehead atoms. The summed E-state index contributed by atoms with van der Waals surface area (Å²) in [5.74, 6) is 1.75. The van der Waals surface area contributed by atoms with Gasteiger partial charge in [-0.05, 0) is 43.7 Å². The lowest BCUT2D eigenvalue weighted by atomic mass is 9.87. The van der Waals surface area contributed by atoms with Gasteiger partial charge < -0.3 is 20.3 Å². The van der Waals surface area contributed by atoms with E-state index in [1.807, 2.05) is 23.2 Å². The zero-order valence-electron chi connectivity index (χ0n) is 18.0. The van der Waals surface area contributed by atoms with Gasteiger partial charge in [0.1, 0.15) is 5.82 Å². The van der Waals surface area contributed by atoms with Crippen LogP contribution in [-0.4, -0.2) is 85.3 Å². The lowest BCUT2D eigenvalue weighted by Crippen LogP contribution is -2.60. The van der Waals surface area contributed by atoms with Gasteiger partial charge in [-0.3, -0.25) is 9.69 Å². The maximum absolute atomic E-state index is 13.0. The van der Waals surface area contributed by atoms with Crippen molar-refractivity contribution in [1.82, 2.24) is 14.8 Å². The van der Waals surface area contributed by atoms with Crippen LogP contribution in [0.4, 0.5) is 5.82 Å². The second-order valence-electron chi connectivity index (χ2n) is 8.50. The van der Waals surface area contributed by atoms with Crippen molar-refractivity contribution in [3.05, 3.63) is 24.4 Å². The molecule has 2 N–H and O–H groups in total. The van der Waals surface area contributed by atoms with E-state index in [2.05, 4.69) is 20.9 Å². The van der Waals surface area contributed by atoms with Crippen LogP contribution in [-0.2, 0) is 9.53 Å². The van der Waals surface area contributed by atoms with Crippen LogP contribution in [0.25, 0.3) is 0 Å². The Morgan fingerprint density at radius 3 is 2.45 bits per heavy atom. The summed E-state index contributed by atoms with van der Waals surface area (Å²) >= 11 is 0. The summed E-state index contributed by atoms with van der Waals surface area (Å²) in [5, 5.41) is 0. The first-order valence-corrected chi connectivity index (χ1v) is 10.7. The van der Waals surface area contributed by atoms with E-state index in [9.17, 15) is 4.79 Å². The number of amides is 1. The van der Waals surface area contributed by atoms with Crippen LogP contribution >= 0.6 is 37.2 Å². The number of halogens is 3. The van der Waals surface area contributed by atoms with Crippen LogP contribution in [0.5, 0.6) is 0 Å². The van der Waals surface area contributed by atoms with E-state index < -0.39 is 5.54 Å². The molecule has 3 aliphatic heterocycles. The first-order valence-electron chi connectivity index (χ1n) is 10.7. The fourth-order valence-electron chi connectivity index (χ4n) is 4.73. The Bertz CT molecular complexity index is 656. The molecule has 3 aliphatic rings. The van der Waals surface area contributed by atoms with Gasteiger partial charge in [0.25, 0.3) is 0 Å². The number of rotatable bonds is 4. The summed E-state index contributed by atoms with van der Waals surface area (Å²) in [4.78, 5) is 24.4. The maximum atomic E-state index is 13.0. The highest BCUT2D eigenvalue weighted by Crippen LogP contribution is 2.25. The second-order valence-corrected chi connectivity index (χ2v) is 8.50. The lowest BCUT2D eigenvalue weighted by Gasteiger charge is -2.42. The Kier molecular flexibility index (Phi) is 11.8. The van der Waals surface area contributed by atoms with Crippen molar-refractivity contribution >= 4 is 48.9 Å². The summed E-state index contributed by atoms with van der Waals surface area (Å²) in [5.41, 5.74) is 5.73. The average molecular weight is 497 g/mol. The molecule has 178 valence electrons. The number of hydrogen-bond donors (Lipinski definition) is 1. The molecule has 10 heteroatoms. The van der Waals surface area contributed by atoms with E-state index in [1.165, 1.54) is 6.42 Å². The molecular formula is C21H36Cl3N5O2. The molecule has 7 nitrogen and oxygen atoms in total. The zero-order chi connectivity index (χ0) is 19.4. The number of nitrogens with zero attached hydrogens (tertiary/aromatic N) is 4. The normalized spacial score (nSPS) is 23.7. The number of likely N-dealkylation sites (tertiary alicyclic amines) is 1. The third-order valence-electron chi connectivity index (χ3n) is 6.48. The second kappa shape index (κ2) is 13.0. The largest absolute Gasteiger partial charge is 0.381 e. The van der Waals surface area contributed by atoms with Crippen molar-refractivity contribution in [2.45, 2.75) is 31.2 Å². The molecule has 1 atom stereocenters. The van der Waals surface area contributed by atoms with Gasteiger partial charge in [-0.15, -0.1) is 37.2 Å². The lowest BCUT2D eigenvalue weighted by molar-refractivity contribution is -0.142. The van der Waals surface area contributed by atoms with Crippen molar-refractivity contribution in [3.63, 3.8) is 0 Å². The number of carbonyl (C=O) groups is 1. The fourth-order valence-corrected chi connectivity index (χ4v) is 4.73. The molecule has 0 aromatic carbocycles. The molecule has 31 heavy (non-hydrogen) atoms. The molecule has 1 amide bonds. The molecule has 4 rings (SSSR count). The van der Waals surface area contributed by atoms with Crippen LogP contribution in [0.1, 0.15) is 25.7 Å². The van der Waals surface area contributed by atoms with Crippen LogP contribution in [0.15, 0.2) is 24.4 Å². The summed E-state index contributed by atoms with van der Waals surface area (Å²) in [6.45, 7) is 8.09. The first-order chi connectivity index (χ1) is 13.6. The SMILES string of the molecule is Cl.Cl.Cl.NC1(C(=O)N2CCCC(CN3CCN(c4ccccn4)CC3)C2)CCOCC1. The first kappa shape index (κ1) is 28.2. The van der Waals surface area contributed by atoms with E-state index in [-0.39, 0.29) is 43.1 Å². The Labute approximate surface area is 204 Å². The number of piperazine rings is 1. The summed E-state index contributed by atoms with van der Waals surface area (Å²) < 4.78 is 5.40. The van der Waals surface area contributed by atoms with Gasteiger partial charge in [-0.25, -0.2) is 4.98 Å². The van der Waals surface area contributed by atoms with Crippen molar-refractivity contribution in [2.75, 3.05) is 63.9 Å². The molecule has 3 saturated heterocycles. The highest BCUT2D eigenvalue weighted by Gasteiger charge is 2.40. The molecule has 3 fully saturated rings. The van der Waals surface area contributed by atoms with Gasteiger partial charge in [0.15, 0.2) is 0 Å². The number of pyridine rings is 1. The Morgan fingerprint density at radius 2 is 1.81 bits per heavy atom. The molecule has 0 aliphatic carbocycles. The van der Waals surface area contributed by atoms with Crippen molar-refractivity contribution in [1.29, 1.82) is 0 Å². The van der Waals surface area contributed by atoms with E-state index in [4.69, 9.17) is 10.5 Å². The highest BCUT2D eigenvalue weighted by molar-refractivity contribution is 5.86. The van der Waals surface area contributed by atoms with Crippen LogP contribution in [0, 0.1) is 5.92 Å². The molecule has 1 unspecified atom stereocenters.